The monoisotopic (exact) mass is 512 g/mol. The maximum atomic E-state index is 11.3. The molecule has 0 aliphatic carbocycles. The maximum absolute atomic E-state index is 11.3. The van der Waals surface area contributed by atoms with E-state index in [1.807, 2.05) is 0 Å². The van der Waals surface area contributed by atoms with Crippen LogP contribution in [0.3, 0.4) is 0 Å². The van der Waals surface area contributed by atoms with Gasteiger partial charge in [0.25, 0.3) is 0 Å². The molecule has 194 valence electrons. The second kappa shape index (κ2) is 24.4. The van der Waals surface area contributed by atoms with E-state index in [2.05, 4.69) is 13.8 Å². The molecule has 1 N–H and O–H groups in total. The number of rotatable bonds is 26. The standard InChI is InChI=1S/C26H55OSi.Cr.H2O.2O/c1-3-5-7-9-11-13-15-17-19-21-23-25-28(27)26-24-22-20-18-16-14-12-10-8-6-4-2;;;;/h28H,3-26H2,1-2H3;;1H2;;/q-1;+2;;;/p-1. The van der Waals surface area contributed by atoms with E-state index in [-0.39, 0.29) is 0 Å². The van der Waals surface area contributed by atoms with Gasteiger partial charge in [0, 0.05) is 0 Å². The molecule has 0 aromatic carbocycles. The van der Waals surface area contributed by atoms with Crippen LogP contribution >= 0.6 is 0 Å². The van der Waals surface area contributed by atoms with Crippen LogP contribution < -0.4 is 0 Å². The van der Waals surface area contributed by atoms with Gasteiger partial charge >= 0.3 is 166 Å². The molecule has 6 heteroatoms. The van der Waals surface area contributed by atoms with Crippen LogP contribution in [0.4, 0.5) is 0 Å². The minimum atomic E-state index is -5.04. The summed E-state index contributed by atoms with van der Waals surface area (Å²) >= 11 is -5.04. The van der Waals surface area contributed by atoms with Crippen molar-refractivity contribution in [3.05, 3.63) is 0 Å². The van der Waals surface area contributed by atoms with Gasteiger partial charge < -0.3 is 0 Å². The molecular formula is C26H56CrO4Si. The average Bonchev–Trinajstić information content (AvgIpc) is 2.74. The van der Waals surface area contributed by atoms with E-state index < -0.39 is 22.7 Å². The van der Waals surface area contributed by atoms with E-state index in [0.29, 0.717) is 0 Å². The molecule has 0 saturated carbocycles. The Bertz CT molecular complexity index is 444. The topological polar surface area (TPSA) is 63.6 Å². The number of hydrogen-bond donors (Lipinski definition) is 1. The summed E-state index contributed by atoms with van der Waals surface area (Å²) in [6.45, 7) is 4.52. The van der Waals surface area contributed by atoms with E-state index in [0.717, 1.165) is 24.9 Å². The molecule has 0 aliphatic rings. The van der Waals surface area contributed by atoms with Crippen molar-refractivity contribution in [3.8, 4) is 0 Å². The fourth-order valence-electron chi connectivity index (χ4n) is 4.48. The van der Waals surface area contributed by atoms with E-state index in [1.54, 1.807) is 0 Å². The van der Waals surface area contributed by atoms with Gasteiger partial charge in [0.1, 0.15) is 0 Å². The third-order valence-electron chi connectivity index (χ3n) is 6.52. The van der Waals surface area contributed by atoms with Crippen LogP contribution in [-0.2, 0) is 24.7 Å². The quantitative estimate of drug-likeness (QED) is 0.0927. The van der Waals surface area contributed by atoms with Crippen LogP contribution in [0.15, 0.2) is 0 Å². The molecule has 0 saturated heterocycles. The van der Waals surface area contributed by atoms with Gasteiger partial charge in [0.05, 0.1) is 0 Å². The molecule has 0 aliphatic heterocycles. The van der Waals surface area contributed by atoms with Gasteiger partial charge in [-0.15, -0.1) is 0 Å². The van der Waals surface area contributed by atoms with Crippen molar-refractivity contribution in [3.63, 3.8) is 0 Å². The summed E-state index contributed by atoms with van der Waals surface area (Å²) in [5.74, 6) is 0. The summed E-state index contributed by atoms with van der Waals surface area (Å²) in [7, 11) is -1.83. The van der Waals surface area contributed by atoms with E-state index in [9.17, 15) is 11.8 Å². The summed E-state index contributed by atoms with van der Waals surface area (Å²) < 4.78 is 36.9. The predicted octanol–water partition coefficient (Wildman–Crippen LogP) is 9.02. The molecule has 0 atom stereocenters. The first-order valence-electron chi connectivity index (χ1n) is 14.1. The second-order valence-electron chi connectivity index (χ2n) is 9.79. The van der Waals surface area contributed by atoms with E-state index in [1.165, 1.54) is 128 Å². The Morgan fingerprint density at radius 1 is 0.500 bits per heavy atom. The summed E-state index contributed by atoms with van der Waals surface area (Å²) in [4.78, 5) is 0. The van der Waals surface area contributed by atoms with Crippen LogP contribution in [0.5, 0.6) is 0 Å². The molecular weight excluding hydrogens is 456 g/mol. The second-order valence-corrected chi connectivity index (χ2v) is 14.6. The fourth-order valence-corrected chi connectivity index (χ4v) is 9.31. The average molecular weight is 513 g/mol. The number of unbranched alkanes of at least 4 members (excludes halogenated alkanes) is 20. The van der Waals surface area contributed by atoms with Gasteiger partial charge in [-0.2, -0.15) is 0 Å². The van der Waals surface area contributed by atoms with Gasteiger partial charge in [0.2, 0.25) is 0 Å². The Labute approximate surface area is 204 Å². The molecule has 0 unspecified atom stereocenters. The van der Waals surface area contributed by atoms with Crippen LogP contribution in [0.1, 0.15) is 155 Å². The zero-order chi connectivity index (χ0) is 23.8. The Balaban J connectivity index is 3.69. The molecule has 32 heavy (non-hydrogen) atoms. The molecule has 0 heterocycles. The van der Waals surface area contributed by atoms with Crippen molar-refractivity contribution in [1.29, 1.82) is 0 Å². The summed E-state index contributed by atoms with van der Waals surface area (Å²) in [6, 6.07) is 1.78. The minimum absolute atomic E-state index is 0.888. The summed E-state index contributed by atoms with van der Waals surface area (Å²) in [6.07, 6.45) is 28.5. The molecule has 0 rings (SSSR count). The number of hydrogen-bond acceptors (Lipinski definition) is 3. The van der Waals surface area contributed by atoms with Gasteiger partial charge in [0.15, 0.2) is 0 Å². The molecule has 0 bridgehead atoms. The SMILES string of the molecule is CCCCCCCCCCCCC[SiH](CCCCCCCCCCCCC)[O][Cr](=[O])(=[O])[OH]. The molecule has 4 nitrogen and oxygen atoms in total. The predicted molar refractivity (Wildman–Crippen MR) is 134 cm³/mol. The normalized spacial score (nSPS) is 12.1. The van der Waals surface area contributed by atoms with Crippen LogP contribution in [0.25, 0.3) is 0 Å². The van der Waals surface area contributed by atoms with Crippen molar-refractivity contribution >= 4 is 9.04 Å². The first-order chi connectivity index (χ1) is 15.5. The fraction of sp³-hybridized carbons (Fsp3) is 1.00. The van der Waals surface area contributed by atoms with Crippen LogP contribution in [-0.4, -0.2) is 13.2 Å². The Kier molecular flexibility index (Phi) is 24.6. The first kappa shape index (κ1) is 32.3. The van der Waals surface area contributed by atoms with Crippen molar-refractivity contribution in [1.82, 2.24) is 0 Å². The van der Waals surface area contributed by atoms with Crippen LogP contribution in [0.2, 0.25) is 12.1 Å². The third kappa shape index (κ3) is 26.5. The van der Waals surface area contributed by atoms with Crippen molar-refractivity contribution in [2.75, 3.05) is 0 Å². The van der Waals surface area contributed by atoms with Crippen LogP contribution in [0, 0.1) is 0 Å². The molecule has 0 spiro atoms. The first-order valence-corrected chi connectivity index (χ1v) is 18.4. The van der Waals surface area contributed by atoms with Gasteiger partial charge in [-0.3, -0.25) is 0 Å². The Hall–Kier alpha value is 0.269. The molecule has 0 aromatic rings. The molecule has 0 radical (unpaired) electrons. The van der Waals surface area contributed by atoms with Crippen molar-refractivity contribution in [2.45, 2.75) is 167 Å². The molecule has 0 amide bonds. The molecule has 0 fully saturated rings. The Morgan fingerprint density at radius 2 is 0.750 bits per heavy atom. The third-order valence-corrected chi connectivity index (χ3v) is 11.6. The zero-order valence-electron chi connectivity index (χ0n) is 21.6. The Morgan fingerprint density at radius 3 is 1.00 bits per heavy atom. The van der Waals surface area contributed by atoms with Crippen molar-refractivity contribution < 1.29 is 28.9 Å². The van der Waals surface area contributed by atoms with Gasteiger partial charge in [-0.05, 0) is 0 Å². The van der Waals surface area contributed by atoms with E-state index >= 15 is 0 Å². The van der Waals surface area contributed by atoms with Gasteiger partial charge in [-0.1, -0.05) is 39.5 Å². The molecule has 0 aromatic heterocycles. The zero-order valence-corrected chi connectivity index (χ0v) is 24.1. The van der Waals surface area contributed by atoms with Gasteiger partial charge in [-0.25, -0.2) is 0 Å². The van der Waals surface area contributed by atoms with Crippen molar-refractivity contribution in [2.24, 2.45) is 0 Å². The van der Waals surface area contributed by atoms with E-state index in [4.69, 9.17) is 3.48 Å². The summed E-state index contributed by atoms with van der Waals surface area (Å²) in [5.41, 5.74) is 0. The summed E-state index contributed by atoms with van der Waals surface area (Å²) in [5, 5.41) is 0.